The number of halogens is 1. The van der Waals surface area contributed by atoms with Crippen molar-refractivity contribution < 1.29 is 4.39 Å². The Hall–Kier alpha value is -1.44. The third kappa shape index (κ3) is 5.78. The zero-order valence-corrected chi connectivity index (χ0v) is 9.55. The molecule has 1 rings (SSSR count). The summed E-state index contributed by atoms with van der Waals surface area (Å²) in [5, 5.41) is 6.85. The van der Waals surface area contributed by atoms with Crippen LogP contribution in [-0.4, -0.2) is 6.21 Å². The molecule has 0 aliphatic carbocycles. The van der Waals surface area contributed by atoms with Crippen LogP contribution >= 0.6 is 0 Å². The Balaban J connectivity index is 0.000000583. The SMILES string of the molecule is C/C(=C\C=N)c1ccc(F)cc1.CCC. The fourth-order valence-corrected chi connectivity index (χ4v) is 0.934. The van der Waals surface area contributed by atoms with E-state index in [1.54, 1.807) is 18.2 Å². The zero-order chi connectivity index (χ0) is 11.7. The second-order valence-electron chi connectivity index (χ2n) is 3.23. The molecule has 0 heterocycles. The van der Waals surface area contributed by atoms with Crippen LogP contribution in [0.1, 0.15) is 32.8 Å². The van der Waals surface area contributed by atoms with Gasteiger partial charge in [-0.25, -0.2) is 4.39 Å². The third-order valence-electron chi connectivity index (χ3n) is 1.63. The van der Waals surface area contributed by atoms with Crippen LogP contribution in [0, 0.1) is 11.2 Å². The summed E-state index contributed by atoms with van der Waals surface area (Å²) < 4.78 is 12.5. The molecule has 0 aliphatic rings. The largest absolute Gasteiger partial charge is 0.309 e. The summed E-state index contributed by atoms with van der Waals surface area (Å²) in [6.45, 7) is 6.14. The lowest BCUT2D eigenvalue weighted by Gasteiger charge is -1.98. The smallest absolute Gasteiger partial charge is 0.123 e. The maximum atomic E-state index is 12.5. The monoisotopic (exact) mass is 207 g/mol. The summed E-state index contributed by atoms with van der Waals surface area (Å²) in [5.74, 6) is -0.235. The van der Waals surface area contributed by atoms with E-state index < -0.39 is 0 Å². The standard InChI is InChI=1S/C10H10FN.C3H8/c1-8(6-7-12)9-2-4-10(11)5-3-9;1-3-2/h2-7,12H,1H3;3H2,1-2H3/b8-6+,12-7?;. The molecule has 0 atom stereocenters. The molecule has 0 radical (unpaired) electrons. The Morgan fingerprint density at radius 3 is 2.13 bits per heavy atom. The molecule has 0 fully saturated rings. The molecule has 1 aromatic carbocycles. The lowest BCUT2D eigenvalue weighted by Crippen LogP contribution is -1.80. The van der Waals surface area contributed by atoms with Crippen LogP contribution < -0.4 is 0 Å². The molecule has 1 aromatic rings. The molecule has 2 heteroatoms. The number of hydrogen-bond acceptors (Lipinski definition) is 1. The highest BCUT2D eigenvalue weighted by atomic mass is 19.1. The second kappa shape index (κ2) is 7.92. The van der Waals surface area contributed by atoms with Crippen LogP contribution in [0.2, 0.25) is 0 Å². The summed E-state index contributed by atoms with van der Waals surface area (Å²) in [6, 6.07) is 6.22. The van der Waals surface area contributed by atoms with Gasteiger partial charge in [-0.1, -0.05) is 32.4 Å². The highest BCUT2D eigenvalue weighted by molar-refractivity contribution is 5.81. The predicted octanol–water partition coefficient (Wildman–Crippen LogP) is 4.29. The van der Waals surface area contributed by atoms with Crippen molar-refractivity contribution in [2.75, 3.05) is 0 Å². The second-order valence-corrected chi connectivity index (χ2v) is 3.23. The van der Waals surface area contributed by atoms with Crippen molar-refractivity contribution in [1.82, 2.24) is 0 Å². The Morgan fingerprint density at radius 2 is 1.73 bits per heavy atom. The summed E-state index contributed by atoms with van der Waals surface area (Å²) in [7, 11) is 0. The first-order valence-corrected chi connectivity index (χ1v) is 5.09. The van der Waals surface area contributed by atoms with Crippen LogP contribution in [0.3, 0.4) is 0 Å². The molecular formula is C13H18FN. The van der Waals surface area contributed by atoms with Crippen molar-refractivity contribution in [2.24, 2.45) is 0 Å². The molecule has 15 heavy (non-hydrogen) atoms. The first-order valence-electron chi connectivity index (χ1n) is 5.09. The van der Waals surface area contributed by atoms with Gasteiger partial charge >= 0.3 is 0 Å². The molecule has 0 aliphatic heterocycles. The van der Waals surface area contributed by atoms with Gasteiger partial charge < -0.3 is 5.41 Å². The summed E-state index contributed by atoms with van der Waals surface area (Å²) in [5.41, 5.74) is 1.91. The van der Waals surface area contributed by atoms with E-state index in [9.17, 15) is 4.39 Å². The lowest BCUT2D eigenvalue weighted by atomic mass is 10.1. The number of hydrogen-bond donors (Lipinski definition) is 1. The first kappa shape index (κ1) is 13.6. The third-order valence-corrected chi connectivity index (χ3v) is 1.63. The molecular weight excluding hydrogens is 189 g/mol. The minimum absolute atomic E-state index is 0.235. The first-order chi connectivity index (χ1) is 7.15. The zero-order valence-electron chi connectivity index (χ0n) is 9.55. The fourth-order valence-electron chi connectivity index (χ4n) is 0.934. The van der Waals surface area contributed by atoms with Crippen LogP contribution in [-0.2, 0) is 0 Å². The average Bonchev–Trinajstić information content (AvgIpc) is 2.20. The Kier molecular flexibility index (Phi) is 7.16. The number of allylic oxidation sites excluding steroid dienone is 2. The van der Waals surface area contributed by atoms with E-state index in [1.807, 2.05) is 6.92 Å². The van der Waals surface area contributed by atoms with E-state index in [0.29, 0.717) is 0 Å². The highest BCUT2D eigenvalue weighted by Gasteiger charge is 1.93. The predicted molar refractivity (Wildman–Crippen MR) is 64.8 cm³/mol. The molecule has 0 spiro atoms. The number of benzene rings is 1. The molecule has 1 nitrogen and oxygen atoms in total. The van der Waals surface area contributed by atoms with Crippen LogP contribution in [0.15, 0.2) is 30.3 Å². The van der Waals surface area contributed by atoms with Gasteiger partial charge in [-0.2, -0.15) is 0 Å². The van der Waals surface area contributed by atoms with Crippen LogP contribution in [0.25, 0.3) is 5.57 Å². The summed E-state index contributed by atoms with van der Waals surface area (Å²) in [6.07, 6.45) is 4.14. The van der Waals surface area contributed by atoms with E-state index in [-0.39, 0.29) is 5.82 Å². The van der Waals surface area contributed by atoms with Gasteiger partial charge in [-0.05, 0) is 36.3 Å². The fraction of sp³-hybridized carbons (Fsp3) is 0.308. The molecule has 82 valence electrons. The number of rotatable bonds is 2. The van der Waals surface area contributed by atoms with Crippen molar-refractivity contribution in [2.45, 2.75) is 27.2 Å². The van der Waals surface area contributed by atoms with Gasteiger partial charge in [-0.15, -0.1) is 0 Å². The Labute approximate surface area is 91.2 Å². The maximum absolute atomic E-state index is 12.5. The minimum atomic E-state index is -0.235. The van der Waals surface area contributed by atoms with E-state index in [4.69, 9.17) is 5.41 Å². The molecule has 0 aromatic heterocycles. The van der Waals surface area contributed by atoms with E-state index in [0.717, 1.165) is 11.1 Å². The maximum Gasteiger partial charge on any atom is 0.123 e. The van der Waals surface area contributed by atoms with Gasteiger partial charge in [0.1, 0.15) is 5.82 Å². The van der Waals surface area contributed by atoms with E-state index >= 15 is 0 Å². The molecule has 0 saturated carbocycles. The Bertz CT molecular complexity index is 312. The van der Waals surface area contributed by atoms with Gasteiger partial charge in [-0.3, -0.25) is 0 Å². The normalized spacial score (nSPS) is 10.3. The van der Waals surface area contributed by atoms with Crippen molar-refractivity contribution in [3.63, 3.8) is 0 Å². The van der Waals surface area contributed by atoms with E-state index in [1.165, 1.54) is 24.8 Å². The molecule has 0 bridgehead atoms. The van der Waals surface area contributed by atoms with Gasteiger partial charge in [0.25, 0.3) is 0 Å². The van der Waals surface area contributed by atoms with Crippen LogP contribution in [0.5, 0.6) is 0 Å². The summed E-state index contributed by atoms with van der Waals surface area (Å²) >= 11 is 0. The Morgan fingerprint density at radius 1 is 1.27 bits per heavy atom. The van der Waals surface area contributed by atoms with E-state index in [2.05, 4.69) is 13.8 Å². The minimum Gasteiger partial charge on any atom is -0.309 e. The van der Waals surface area contributed by atoms with Crippen LogP contribution in [0.4, 0.5) is 4.39 Å². The lowest BCUT2D eigenvalue weighted by molar-refractivity contribution is 0.627. The van der Waals surface area contributed by atoms with Crippen molar-refractivity contribution >= 4 is 11.8 Å². The number of nitrogens with one attached hydrogen (secondary N) is 1. The highest BCUT2D eigenvalue weighted by Crippen LogP contribution is 2.12. The topological polar surface area (TPSA) is 23.9 Å². The molecule has 0 amide bonds. The quantitative estimate of drug-likeness (QED) is 0.699. The van der Waals surface area contributed by atoms with Gasteiger partial charge in [0.2, 0.25) is 0 Å². The van der Waals surface area contributed by atoms with Gasteiger partial charge in [0.05, 0.1) is 0 Å². The van der Waals surface area contributed by atoms with Crippen molar-refractivity contribution in [3.05, 3.63) is 41.7 Å². The molecule has 1 N–H and O–H groups in total. The van der Waals surface area contributed by atoms with Crippen molar-refractivity contribution in [1.29, 1.82) is 5.41 Å². The van der Waals surface area contributed by atoms with Gasteiger partial charge in [0.15, 0.2) is 0 Å². The molecule has 0 unspecified atom stereocenters. The van der Waals surface area contributed by atoms with Crippen molar-refractivity contribution in [3.8, 4) is 0 Å². The van der Waals surface area contributed by atoms with Gasteiger partial charge in [0, 0.05) is 6.21 Å². The summed E-state index contributed by atoms with van der Waals surface area (Å²) in [4.78, 5) is 0. The molecule has 0 saturated heterocycles. The average molecular weight is 207 g/mol.